The van der Waals surface area contributed by atoms with Gasteiger partial charge in [0, 0.05) is 29.1 Å². The lowest BCUT2D eigenvalue weighted by Gasteiger charge is -2.19. The Labute approximate surface area is 218 Å². The average Bonchev–Trinajstić information content (AvgIpc) is 3.49. The van der Waals surface area contributed by atoms with Crippen molar-refractivity contribution in [2.75, 3.05) is 0 Å². The number of fused-ring (bicyclic) bond motifs is 1. The largest absolute Gasteiger partial charge is 0.478 e. The second-order valence-electron chi connectivity index (χ2n) is 9.03. The Morgan fingerprint density at radius 3 is 2.34 bits per heavy atom. The van der Waals surface area contributed by atoms with Gasteiger partial charge < -0.3 is 9.63 Å². The fourth-order valence-electron chi connectivity index (χ4n) is 4.82. The monoisotopic (exact) mass is 501 g/mol. The van der Waals surface area contributed by atoms with Crippen LogP contribution in [0.15, 0.2) is 95.8 Å². The summed E-state index contributed by atoms with van der Waals surface area (Å²) in [7, 11) is 0. The van der Waals surface area contributed by atoms with Crippen LogP contribution in [-0.4, -0.2) is 36.0 Å². The molecule has 0 aliphatic carbocycles. The summed E-state index contributed by atoms with van der Waals surface area (Å²) in [6.07, 6.45) is 3.57. The van der Waals surface area contributed by atoms with Crippen LogP contribution in [0.5, 0.6) is 0 Å². The molecule has 186 valence electrons. The van der Waals surface area contributed by atoms with Crippen molar-refractivity contribution in [3.8, 4) is 22.4 Å². The molecule has 4 aromatic heterocycles. The molecule has 1 atom stereocenters. The number of aryl methyl sites for hydroxylation is 2. The lowest BCUT2D eigenvalue weighted by atomic mass is 10.0. The Kier molecular flexibility index (Phi) is 5.76. The highest BCUT2D eigenvalue weighted by Gasteiger charge is 2.25. The van der Waals surface area contributed by atoms with Crippen molar-refractivity contribution in [2.45, 2.75) is 19.9 Å². The molecule has 6 rings (SSSR count). The summed E-state index contributed by atoms with van der Waals surface area (Å²) in [5.41, 5.74) is 7.53. The third kappa shape index (κ3) is 4.02. The minimum atomic E-state index is -0.978. The molecule has 2 aromatic carbocycles. The van der Waals surface area contributed by atoms with Gasteiger partial charge in [-0.15, -0.1) is 0 Å². The maximum atomic E-state index is 11.4. The number of hydrogen-bond acceptors (Lipinski definition) is 6. The predicted molar refractivity (Wildman–Crippen MR) is 143 cm³/mol. The van der Waals surface area contributed by atoms with Crippen molar-refractivity contribution >= 4 is 17.0 Å². The molecule has 0 amide bonds. The van der Waals surface area contributed by atoms with E-state index in [1.165, 1.54) is 0 Å². The van der Waals surface area contributed by atoms with E-state index in [4.69, 9.17) is 14.6 Å². The van der Waals surface area contributed by atoms with Gasteiger partial charge in [0.1, 0.15) is 23.0 Å². The Hall–Kier alpha value is -5.11. The second-order valence-corrected chi connectivity index (χ2v) is 9.03. The molecule has 0 radical (unpaired) electrons. The van der Waals surface area contributed by atoms with Gasteiger partial charge in [0.15, 0.2) is 0 Å². The topological polar surface area (TPSA) is 107 Å². The molecule has 0 saturated carbocycles. The van der Waals surface area contributed by atoms with E-state index in [-0.39, 0.29) is 11.6 Å². The zero-order valence-electron chi connectivity index (χ0n) is 20.7. The number of carbonyl (C=O) groups is 1. The summed E-state index contributed by atoms with van der Waals surface area (Å²) < 4.78 is 7.37. The first-order valence-corrected chi connectivity index (χ1v) is 12.1. The Morgan fingerprint density at radius 2 is 1.68 bits per heavy atom. The number of nitrogens with zero attached hydrogens (tertiary/aromatic N) is 5. The van der Waals surface area contributed by atoms with E-state index in [0.717, 1.165) is 39.2 Å². The molecule has 0 bridgehead atoms. The van der Waals surface area contributed by atoms with Gasteiger partial charge in [0.05, 0.1) is 22.5 Å². The van der Waals surface area contributed by atoms with Gasteiger partial charge in [-0.05, 0) is 49.7 Å². The molecule has 6 aromatic rings. The third-order valence-corrected chi connectivity index (χ3v) is 6.60. The molecule has 1 N–H and O–H groups in total. The van der Waals surface area contributed by atoms with Crippen LogP contribution in [0.3, 0.4) is 0 Å². The van der Waals surface area contributed by atoms with E-state index < -0.39 is 5.97 Å². The highest BCUT2D eigenvalue weighted by molar-refractivity contribution is 5.94. The van der Waals surface area contributed by atoms with Crippen molar-refractivity contribution in [3.05, 3.63) is 120 Å². The van der Waals surface area contributed by atoms with Crippen LogP contribution in [0, 0.1) is 13.8 Å². The van der Waals surface area contributed by atoms with Crippen LogP contribution in [0.2, 0.25) is 0 Å². The molecular formula is C30H23N5O3. The first-order valence-electron chi connectivity index (χ1n) is 12.1. The Balaban J connectivity index is 1.63. The Morgan fingerprint density at radius 1 is 0.921 bits per heavy atom. The first-order chi connectivity index (χ1) is 18.5. The van der Waals surface area contributed by atoms with Gasteiger partial charge in [-0.1, -0.05) is 53.7 Å². The van der Waals surface area contributed by atoms with Gasteiger partial charge in [0.2, 0.25) is 0 Å². The average molecular weight is 502 g/mol. The van der Waals surface area contributed by atoms with Gasteiger partial charge >= 0.3 is 5.97 Å². The number of carboxylic acids is 1. The number of aromatic carboxylic acids is 1. The SMILES string of the molecule is Cc1noc(C)c1-c1cnc2c(-c3ccc(C(=O)O)cc3)nn(C(c3ccccc3)c3ccccn3)c2c1. The number of hydrogen-bond donors (Lipinski definition) is 1. The third-order valence-electron chi connectivity index (χ3n) is 6.60. The van der Waals surface area contributed by atoms with Gasteiger partial charge in [-0.3, -0.25) is 9.97 Å². The van der Waals surface area contributed by atoms with Crippen LogP contribution >= 0.6 is 0 Å². The number of pyridine rings is 2. The van der Waals surface area contributed by atoms with Crippen LogP contribution < -0.4 is 0 Å². The number of aromatic nitrogens is 5. The van der Waals surface area contributed by atoms with Crippen molar-refractivity contribution in [3.63, 3.8) is 0 Å². The van der Waals surface area contributed by atoms with Crippen molar-refractivity contribution in [1.82, 2.24) is 24.9 Å². The van der Waals surface area contributed by atoms with Crippen LogP contribution in [0.1, 0.15) is 39.1 Å². The van der Waals surface area contributed by atoms with Crippen molar-refractivity contribution < 1.29 is 14.4 Å². The summed E-state index contributed by atoms with van der Waals surface area (Å²) in [6, 6.07) is 24.3. The molecule has 0 saturated heterocycles. The lowest BCUT2D eigenvalue weighted by Crippen LogP contribution is -2.15. The van der Waals surface area contributed by atoms with Crippen LogP contribution in [0.4, 0.5) is 0 Å². The maximum absolute atomic E-state index is 11.4. The minimum Gasteiger partial charge on any atom is -0.478 e. The van der Waals surface area contributed by atoms with Gasteiger partial charge in [-0.25, -0.2) is 9.48 Å². The van der Waals surface area contributed by atoms with Crippen molar-refractivity contribution in [1.29, 1.82) is 0 Å². The summed E-state index contributed by atoms with van der Waals surface area (Å²) >= 11 is 0. The molecule has 1 unspecified atom stereocenters. The summed E-state index contributed by atoms with van der Waals surface area (Å²) in [5, 5.41) is 18.6. The number of carboxylic acid groups (broad SMARTS) is 1. The molecule has 0 aliphatic rings. The standard InChI is InChI=1S/C30H23N5O3/c1-18-26(19(2)38-34-18)23-16-25-28(32-17-23)27(20-11-13-22(14-12-20)30(36)37)33-35(25)29(21-8-4-3-5-9-21)24-10-6-7-15-31-24/h3-17,29H,1-2H3,(H,36,37). The fraction of sp³-hybridized carbons (Fsp3) is 0.100. The zero-order valence-corrected chi connectivity index (χ0v) is 20.7. The number of benzene rings is 2. The van der Waals surface area contributed by atoms with E-state index in [0.29, 0.717) is 17.0 Å². The number of rotatable bonds is 6. The molecule has 0 aliphatic heterocycles. The predicted octanol–water partition coefficient (Wildman–Crippen LogP) is 6.10. The quantitative estimate of drug-likeness (QED) is 0.294. The van der Waals surface area contributed by atoms with E-state index in [1.54, 1.807) is 36.7 Å². The van der Waals surface area contributed by atoms with Gasteiger partial charge in [-0.2, -0.15) is 5.10 Å². The fourth-order valence-corrected chi connectivity index (χ4v) is 4.82. The van der Waals surface area contributed by atoms with E-state index in [9.17, 15) is 9.90 Å². The van der Waals surface area contributed by atoms with E-state index in [2.05, 4.69) is 28.3 Å². The maximum Gasteiger partial charge on any atom is 0.335 e. The summed E-state index contributed by atoms with van der Waals surface area (Å²) in [6.45, 7) is 3.79. The van der Waals surface area contributed by atoms with E-state index in [1.807, 2.05) is 54.9 Å². The lowest BCUT2D eigenvalue weighted by molar-refractivity contribution is 0.0697. The molecule has 0 spiro atoms. The molecular weight excluding hydrogens is 478 g/mol. The highest BCUT2D eigenvalue weighted by Crippen LogP contribution is 2.36. The molecule has 8 heteroatoms. The van der Waals surface area contributed by atoms with Crippen molar-refractivity contribution in [2.24, 2.45) is 0 Å². The summed E-state index contributed by atoms with van der Waals surface area (Å²) in [4.78, 5) is 21.0. The smallest absolute Gasteiger partial charge is 0.335 e. The van der Waals surface area contributed by atoms with E-state index >= 15 is 0 Å². The summed E-state index contributed by atoms with van der Waals surface area (Å²) in [5.74, 6) is -0.267. The molecule has 4 heterocycles. The first kappa shape index (κ1) is 23.3. The molecule has 8 nitrogen and oxygen atoms in total. The van der Waals surface area contributed by atoms with Gasteiger partial charge in [0.25, 0.3) is 0 Å². The van der Waals surface area contributed by atoms with Crippen LogP contribution in [-0.2, 0) is 0 Å². The molecule has 38 heavy (non-hydrogen) atoms. The van der Waals surface area contributed by atoms with Crippen LogP contribution in [0.25, 0.3) is 33.4 Å². The molecule has 0 fully saturated rings. The zero-order chi connectivity index (χ0) is 26.2. The highest BCUT2D eigenvalue weighted by atomic mass is 16.5. The normalized spacial score (nSPS) is 12.1. The Bertz CT molecular complexity index is 1700. The second kappa shape index (κ2) is 9.40. The minimum absolute atomic E-state index is 0.210.